The maximum absolute atomic E-state index is 13.0. The maximum Gasteiger partial charge on any atom is 0.227 e. The molecule has 0 saturated carbocycles. The van der Waals surface area contributed by atoms with Crippen LogP contribution in [0.15, 0.2) is 48.8 Å². The molecule has 6 heteroatoms. The Balaban J connectivity index is 1.23. The molecule has 0 aliphatic carbocycles. The average Bonchev–Trinajstić information content (AvgIpc) is 3.06. The number of carbonyl (C=O) groups excluding carboxylic acids is 1. The molecular formula is C20H21FN2O2S. The minimum Gasteiger partial charge on any atom is -0.373 e. The van der Waals surface area contributed by atoms with Crippen molar-refractivity contribution in [2.45, 2.75) is 30.3 Å². The molecular weight excluding hydrogens is 351 g/mol. The SMILES string of the molecule is O=C(Cc1ccc(F)cc1)N1CC2(CC(OCc3ccncc3)CS2)C1. The van der Waals surface area contributed by atoms with Gasteiger partial charge in [-0.1, -0.05) is 12.1 Å². The summed E-state index contributed by atoms with van der Waals surface area (Å²) in [7, 11) is 0. The number of ether oxygens (including phenoxy) is 1. The Morgan fingerprint density at radius 2 is 1.92 bits per heavy atom. The third-order valence-corrected chi connectivity index (χ3v) is 6.57. The van der Waals surface area contributed by atoms with Crippen LogP contribution in [0, 0.1) is 5.82 Å². The van der Waals surface area contributed by atoms with Gasteiger partial charge >= 0.3 is 0 Å². The minimum atomic E-state index is -0.274. The molecule has 4 rings (SSSR count). The van der Waals surface area contributed by atoms with Gasteiger partial charge in [0.15, 0.2) is 0 Å². The summed E-state index contributed by atoms with van der Waals surface area (Å²) < 4.78 is 19.1. The fraction of sp³-hybridized carbons (Fsp3) is 0.400. The quantitative estimate of drug-likeness (QED) is 0.809. The molecule has 1 spiro atoms. The van der Waals surface area contributed by atoms with Crippen molar-refractivity contribution in [1.82, 2.24) is 9.88 Å². The number of amides is 1. The Kier molecular flexibility index (Phi) is 4.96. The maximum atomic E-state index is 13.0. The summed E-state index contributed by atoms with van der Waals surface area (Å²) in [4.78, 5) is 18.3. The van der Waals surface area contributed by atoms with Crippen LogP contribution in [0.3, 0.4) is 0 Å². The lowest BCUT2D eigenvalue weighted by molar-refractivity contribution is -0.136. The number of aromatic nitrogens is 1. The highest BCUT2D eigenvalue weighted by Crippen LogP contribution is 2.46. The van der Waals surface area contributed by atoms with E-state index in [0.717, 1.165) is 36.4 Å². The van der Waals surface area contributed by atoms with Crippen molar-refractivity contribution in [2.24, 2.45) is 0 Å². The van der Waals surface area contributed by atoms with Crippen LogP contribution >= 0.6 is 11.8 Å². The van der Waals surface area contributed by atoms with Crippen LogP contribution in [0.1, 0.15) is 17.5 Å². The van der Waals surface area contributed by atoms with E-state index in [2.05, 4.69) is 4.98 Å². The number of pyridine rings is 1. The van der Waals surface area contributed by atoms with Crippen LogP contribution in [0.25, 0.3) is 0 Å². The van der Waals surface area contributed by atoms with Crippen LogP contribution in [0.4, 0.5) is 4.39 Å². The van der Waals surface area contributed by atoms with Crippen LogP contribution < -0.4 is 0 Å². The highest BCUT2D eigenvalue weighted by molar-refractivity contribution is 8.01. The monoisotopic (exact) mass is 372 g/mol. The number of rotatable bonds is 5. The van der Waals surface area contributed by atoms with Gasteiger partial charge in [0.2, 0.25) is 5.91 Å². The molecule has 26 heavy (non-hydrogen) atoms. The second-order valence-corrected chi connectivity index (χ2v) is 8.53. The summed E-state index contributed by atoms with van der Waals surface area (Å²) in [6.45, 7) is 2.18. The molecule has 2 aliphatic heterocycles. The molecule has 2 saturated heterocycles. The zero-order chi connectivity index (χ0) is 18.0. The summed E-state index contributed by atoms with van der Waals surface area (Å²) >= 11 is 1.92. The van der Waals surface area contributed by atoms with Crippen LogP contribution in [-0.4, -0.2) is 45.5 Å². The Hall–Kier alpha value is -1.92. The largest absolute Gasteiger partial charge is 0.373 e. The van der Waals surface area contributed by atoms with Crippen LogP contribution in [-0.2, 0) is 22.6 Å². The molecule has 2 aromatic rings. The van der Waals surface area contributed by atoms with E-state index in [0.29, 0.717) is 13.0 Å². The van der Waals surface area contributed by atoms with Gasteiger partial charge in [-0.25, -0.2) is 4.39 Å². The predicted molar refractivity (Wildman–Crippen MR) is 99.3 cm³/mol. The molecule has 1 amide bonds. The number of hydrogen-bond donors (Lipinski definition) is 0. The standard InChI is InChI=1S/C20H21FN2O2S/c21-17-3-1-15(2-4-17)9-19(24)23-13-20(14-23)10-18(12-26-20)25-11-16-5-7-22-8-6-16/h1-8,18H,9-14H2. The van der Waals surface area contributed by atoms with Crippen molar-refractivity contribution < 1.29 is 13.9 Å². The molecule has 1 unspecified atom stereocenters. The van der Waals surface area contributed by atoms with Gasteiger partial charge in [0.1, 0.15) is 5.82 Å². The first kappa shape index (κ1) is 17.5. The number of nitrogens with zero attached hydrogens (tertiary/aromatic N) is 2. The number of benzene rings is 1. The second kappa shape index (κ2) is 7.37. The smallest absolute Gasteiger partial charge is 0.227 e. The third kappa shape index (κ3) is 3.91. The van der Waals surface area contributed by atoms with Crippen molar-refractivity contribution in [3.8, 4) is 0 Å². The lowest BCUT2D eigenvalue weighted by Crippen LogP contribution is -2.61. The first-order chi connectivity index (χ1) is 12.6. The third-order valence-electron chi connectivity index (χ3n) is 4.99. The molecule has 0 bridgehead atoms. The Morgan fingerprint density at radius 1 is 1.19 bits per heavy atom. The first-order valence-electron chi connectivity index (χ1n) is 8.79. The number of carbonyl (C=O) groups is 1. The normalized spacial score (nSPS) is 21.0. The molecule has 0 N–H and O–H groups in total. The van der Waals surface area contributed by atoms with Crippen molar-refractivity contribution in [1.29, 1.82) is 0 Å². The van der Waals surface area contributed by atoms with E-state index in [1.807, 2.05) is 28.8 Å². The van der Waals surface area contributed by atoms with E-state index >= 15 is 0 Å². The Bertz CT molecular complexity index is 763. The van der Waals surface area contributed by atoms with Gasteiger partial charge in [-0.05, 0) is 41.8 Å². The molecule has 2 aliphatic rings. The summed E-state index contributed by atoms with van der Waals surface area (Å²) in [5.41, 5.74) is 1.99. The predicted octanol–water partition coefficient (Wildman–Crippen LogP) is 3.07. The van der Waals surface area contributed by atoms with E-state index in [4.69, 9.17) is 4.74 Å². The van der Waals surface area contributed by atoms with E-state index < -0.39 is 0 Å². The molecule has 2 fully saturated rings. The van der Waals surface area contributed by atoms with E-state index in [1.54, 1.807) is 24.5 Å². The number of likely N-dealkylation sites (tertiary alicyclic amines) is 1. The van der Waals surface area contributed by atoms with E-state index in [1.165, 1.54) is 12.1 Å². The van der Waals surface area contributed by atoms with Crippen molar-refractivity contribution in [2.75, 3.05) is 18.8 Å². The summed E-state index contributed by atoms with van der Waals surface area (Å²) in [6.07, 6.45) is 5.12. The fourth-order valence-corrected chi connectivity index (χ4v) is 5.09. The van der Waals surface area contributed by atoms with Gasteiger partial charge in [0.25, 0.3) is 0 Å². The second-order valence-electron chi connectivity index (χ2n) is 7.04. The van der Waals surface area contributed by atoms with Crippen molar-refractivity contribution in [3.05, 3.63) is 65.7 Å². The van der Waals surface area contributed by atoms with Gasteiger partial charge in [-0.2, -0.15) is 0 Å². The molecule has 0 radical (unpaired) electrons. The minimum absolute atomic E-state index is 0.115. The average molecular weight is 372 g/mol. The van der Waals surface area contributed by atoms with Crippen LogP contribution in [0.2, 0.25) is 0 Å². The molecule has 136 valence electrons. The number of hydrogen-bond acceptors (Lipinski definition) is 4. The molecule has 1 atom stereocenters. The lowest BCUT2D eigenvalue weighted by atomic mass is 9.92. The van der Waals surface area contributed by atoms with Crippen LogP contribution in [0.5, 0.6) is 0 Å². The van der Waals surface area contributed by atoms with Gasteiger partial charge < -0.3 is 9.64 Å². The fourth-order valence-electron chi connectivity index (χ4n) is 3.54. The Labute approximate surface area is 156 Å². The summed E-state index contributed by atoms with van der Waals surface area (Å²) in [5.74, 6) is 0.818. The lowest BCUT2D eigenvalue weighted by Gasteiger charge is -2.47. The van der Waals surface area contributed by atoms with Gasteiger partial charge in [0, 0.05) is 31.2 Å². The molecule has 1 aromatic heterocycles. The number of halogens is 1. The molecule has 1 aromatic carbocycles. The zero-order valence-corrected chi connectivity index (χ0v) is 15.3. The molecule has 3 heterocycles. The van der Waals surface area contributed by atoms with Gasteiger partial charge in [0.05, 0.1) is 23.9 Å². The van der Waals surface area contributed by atoms with E-state index in [9.17, 15) is 9.18 Å². The Morgan fingerprint density at radius 3 is 2.65 bits per heavy atom. The highest BCUT2D eigenvalue weighted by atomic mass is 32.2. The first-order valence-corrected chi connectivity index (χ1v) is 9.77. The van der Waals surface area contributed by atoms with Gasteiger partial charge in [-0.15, -0.1) is 11.8 Å². The zero-order valence-electron chi connectivity index (χ0n) is 14.4. The van der Waals surface area contributed by atoms with Crippen molar-refractivity contribution >= 4 is 17.7 Å². The highest BCUT2D eigenvalue weighted by Gasteiger charge is 2.50. The topological polar surface area (TPSA) is 42.4 Å². The van der Waals surface area contributed by atoms with Crippen molar-refractivity contribution in [3.63, 3.8) is 0 Å². The van der Waals surface area contributed by atoms with E-state index in [-0.39, 0.29) is 22.6 Å². The number of thioether (sulfide) groups is 1. The van der Waals surface area contributed by atoms with Gasteiger partial charge in [-0.3, -0.25) is 9.78 Å². The molecule has 4 nitrogen and oxygen atoms in total. The summed E-state index contributed by atoms with van der Waals surface area (Å²) in [5, 5.41) is 0. The summed E-state index contributed by atoms with van der Waals surface area (Å²) in [6, 6.07) is 10.1.